The Hall–Kier alpha value is -2.74. The Morgan fingerprint density at radius 1 is 1.03 bits per heavy atom. The third-order valence-corrected chi connectivity index (χ3v) is 7.27. The summed E-state index contributed by atoms with van der Waals surface area (Å²) in [6.07, 6.45) is 0. The summed E-state index contributed by atoms with van der Waals surface area (Å²) in [6.45, 7) is 10.1. The molecule has 1 atom stereocenters. The van der Waals surface area contributed by atoms with E-state index < -0.39 is 10.0 Å². The van der Waals surface area contributed by atoms with Gasteiger partial charge < -0.3 is 14.8 Å². The molecule has 0 spiro atoms. The van der Waals surface area contributed by atoms with E-state index in [0.717, 1.165) is 21.0 Å². The highest BCUT2D eigenvalue weighted by Gasteiger charge is 2.26. The molecule has 8 heteroatoms. The van der Waals surface area contributed by atoms with E-state index in [4.69, 9.17) is 9.47 Å². The van der Waals surface area contributed by atoms with Crippen molar-refractivity contribution < 1.29 is 22.7 Å². The summed E-state index contributed by atoms with van der Waals surface area (Å²) < 4.78 is 37.7. The van der Waals surface area contributed by atoms with E-state index >= 15 is 0 Å². The lowest BCUT2D eigenvalue weighted by Crippen LogP contribution is -2.42. The number of aryl methyl sites for hydroxylation is 3. The third kappa shape index (κ3) is 5.12. The number of benzene rings is 2. The molecule has 31 heavy (non-hydrogen) atoms. The van der Waals surface area contributed by atoms with Crippen molar-refractivity contribution in [2.75, 3.05) is 29.8 Å². The number of ether oxygens (including phenoxy) is 2. The Bertz CT molecular complexity index is 1080. The van der Waals surface area contributed by atoms with Crippen molar-refractivity contribution in [2.45, 2.75) is 40.7 Å². The summed E-state index contributed by atoms with van der Waals surface area (Å²) in [4.78, 5) is 12.9. The predicted octanol–water partition coefficient (Wildman–Crippen LogP) is 3.42. The van der Waals surface area contributed by atoms with Crippen LogP contribution in [0.15, 0.2) is 30.3 Å². The molecule has 3 rings (SSSR count). The van der Waals surface area contributed by atoms with Gasteiger partial charge in [-0.3, -0.25) is 9.10 Å². The average molecular weight is 447 g/mol. The summed E-state index contributed by atoms with van der Waals surface area (Å²) in [6, 6.07) is 8.81. The van der Waals surface area contributed by atoms with Gasteiger partial charge in [0.05, 0.1) is 17.5 Å². The van der Waals surface area contributed by atoms with Crippen LogP contribution >= 0.6 is 0 Å². The summed E-state index contributed by atoms with van der Waals surface area (Å²) in [5, 5.41) is 2.94. The molecule has 0 aliphatic carbocycles. The summed E-state index contributed by atoms with van der Waals surface area (Å²) in [5.41, 5.74) is 4.81. The van der Waals surface area contributed by atoms with Crippen LogP contribution in [0.3, 0.4) is 0 Å². The minimum Gasteiger partial charge on any atom is -0.486 e. The Kier molecular flexibility index (Phi) is 6.79. The number of sulfonamides is 1. The number of carbonyl (C=O) groups excluding carboxylic acids is 1. The molecule has 2 aromatic rings. The zero-order chi connectivity index (χ0) is 22.8. The van der Waals surface area contributed by atoms with Crippen LogP contribution in [0.4, 0.5) is 5.69 Å². The second-order valence-electron chi connectivity index (χ2n) is 7.82. The second-order valence-corrected chi connectivity index (χ2v) is 10.00. The van der Waals surface area contributed by atoms with Gasteiger partial charge in [0.2, 0.25) is 15.9 Å². The van der Waals surface area contributed by atoms with Crippen LogP contribution in [-0.4, -0.2) is 39.8 Å². The van der Waals surface area contributed by atoms with Crippen molar-refractivity contribution in [3.8, 4) is 11.5 Å². The van der Waals surface area contributed by atoms with Gasteiger partial charge in [0.1, 0.15) is 19.8 Å². The van der Waals surface area contributed by atoms with E-state index in [1.807, 2.05) is 20.8 Å². The van der Waals surface area contributed by atoms with Gasteiger partial charge in [-0.15, -0.1) is 0 Å². The number of amides is 1. The molecule has 1 aliphatic rings. The maximum absolute atomic E-state index is 12.9. The summed E-state index contributed by atoms with van der Waals surface area (Å²) >= 11 is 0. The summed E-state index contributed by atoms with van der Waals surface area (Å²) in [5.74, 6) is 0.532. The molecule has 168 valence electrons. The number of anilines is 1. The largest absolute Gasteiger partial charge is 0.486 e. The van der Waals surface area contributed by atoms with Gasteiger partial charge in [0.15, 0.2) is 11.5 Å². The van der Waals surface area contributed by atoms with Gasteiger partial charge in [-0.2, -0.15) is 0 Å². The van der Waals surface area contributed by atoms with Crippen LogP contribution in [0.2, 0.25) is 0 Å². The maximum atomic E-state index is 12.9. The number of fused-ring (bicyclic) bond motifs is 1. The minimum atomic E-state index is -3.68. The Labute approximate surface area is 184 Å². The molecule has 1 N–H and O–H groups in total. The molecule has 1 aliphatic heterocycles. The normalized spacial score (nSPS) is 14.1. The number of carbonyl (C=O) groups is 1. The van der Waals surface area contributed by atoms with Crippen LogP contribution in [-0.2, 0) is 14.8 Å². The standard InChI is InChI=1S/C23H30N2O5S/c1-6-31(27,28)25(19-7-8-21-22(13-19)30-10-9-29-21)14-23(26)24-18(5)20-12-16(3)15(2)11-17(20)4/h7-8,11-13,18H,6,9-10,14H2,1-5H3,(H,24,26)/t18-/m0/s1. The first-order valence-electron chi connectivity index (χ1n) is 10.4. The monoisotopic (exact) mass is 446 g/mol. The van der Waals surface area contributed by atoms with Gasteiger partial charge in [0.25, 0.3) is 0 Å². The molecule has 0 saturated carbocycles. The van der Waals surface area contributed by atoms with Crippen molar-refractivity contribution >= 4 is 21.6 Å². The van der Waals surface area contributed by atoms with Crippen molar-refractivity contribution in [3.05, 3.63) is 52.6 Å². The van der Waals surface area contributed by atoms with E-state index in [1.54, 1.807) is 25.1 Å². The minimum absolute atomic E-state index is 0.124. The highest BCUT2D eigenvalue weighted by molar-refractivity contribution is 7.92. The highest BCUT2D eigenvalue weighted by atomic mass is 32.2. The Morgan fingerprint density at radius 3 is 2.35 bits per heavy atom. The smallest absolute Gasteiger partial charge is 0.241 e. The van der Waals surface area contributed by atoms with Crippen LogP contribution in [0.1, 0.15) is 42.1 Å². The molecular weight excluding hydrogens is 416 g/mol. The van der Waals surface area contributed by atoms with E-state index in [2.05, 4.69) is 24.4 Å². The Balaban J connectivity index is 1.82. The van der Waals surface area contributed by atoms with E-state index in [0.29, 0.717) is 30.4 Å². The highest BCUT2D eigenvalue weighted by Crippen LogP contribution is 2.35. The molecule has 7 nitrogen and oxygen atoms in total. The first kappa shape index (κ1) is 22.9. The number of hydrogen-bond acceptors (Lipinski definition) is 5. The quantitative estimate of drug-likeness (QED) is 0.705. The number of rotatable bonds is 7. The molecule has 0 unspecified atom stereocenters. The molecule has 1 heterocycles. The van der Waals surface area contributed by atoms with Crippen molar-refractivity contribution in [1.82, 2.24) is 5.32 Å². The fraction of sp³-hybridized carbons (Fsp3) is 0.435. The van der Waals surface area contributed by atoms with Crippen molar-refractivity contribution in [2.24, 2.45) is 0 Å². The van der Waals surface area contributed by atoms with Crippen LogP contribution < -0.4 is 19.1 Å². The molecular formula is C23H30N2O5S. The molecule has 0 bridgehead atoms. The summed E-state index contributed by atoms with van der Waals surface area (Å²) in [7, 11) is -3.68. The first-order chi connectivity index (χ1) is 14.6. The van der Waals surface area contributed by atoms with Crippen LogP contribution in [0, 0.1) is 20.8 Å². The SMILES string of the molecule is CCS(=O)(=O)N(CC(=O)N[C@@H](C)c1cc(C)c(C)cc1C)c1ccc2c(c1)OCCO2. The number of hydrogen-bond donors (Lipinski definition) is 1. The zero-order valence-electron chi connectivity index (χ0n) is 18.7. The topological polar surface area (TPSA) is 84.9 Å². The second kappa shape index (κ2) is 9.18. The third-order valence-electron chi connectivity index (χ3n) is 5.53. The lowest BCUT2D eigenvalue weighted by atomic mass is 9.96. The van der Waals surface area contributed by atoms with Gasteiger partial charge in [-0.25, -0.2) is 8.42 Å². The molecule has 2 aromatic carbocycles. The lowest BCUT2D eigenvalue weighted by molar-refractivity contribution is -0.120. The van der Waals surface area contributed by atoms with Gasteiger partial charge >= 0.3 is 0 Å². The van der Waals surface area contributed by atoms with E-state index in [9.17, 15) is 13.2 Å². The van der Waals surface area contributed by atoms with Crippen molar-refractivity contribution in [3.63, 3.8) is 0 Å². The fourth-order valence-corrected chi connectivity index (χ4v) is 4.70. The van der Waals surface area contributed by atoms with Gasteiger partial charge in [0, 0.05) is 6.07 Å². The maximum Gasteiger partial charge on any atom is 0.241 e. The van der Waals surface area contributed by atoms with Crippen LogP contribution in [0.25, 0.3) is 0 Å². The zero-order valence-corrected chi connectivity index (χ0v) is 19.5. The van der Waals surface area contributed by atoms with Crippen LogP contribution in [0.5, 0.6) is 11.5 Å². The molecule has 1 amide bonds. The number of nitrogens with zero attached hydrogens (tertiary/aromatic N) is 1. The lowest BCUT2D eigenvalue weighted by Gasteiger charge is -2.26. The predicted molar refractivity (Wildman–Crippen MR) is 121 cm³/mol. The number of nitrogens with one attached hydrogen (secondary N) is 1. The first-order valence-corrected chi connectivity index (χ1v) is 12.0. The fourth-order valence-electron chi connectivity index (χ4n) is 3.64. The average Bonchev–Trinajstić information content (AvgIpc) is 2.74. The molecule has 0 radical (unpaired) electrons. The van der Waals surface area contributed by atoms with E-state index in [1.165, 1.54) is 5.56 Å². The van der Waals surface area contributed by atoms with E-state index in [-0.39, 0.29) is 24.2 Å². The Morgan fingerprint density at radius 2 is 1.68 bits per heavy atom. The van der Waals surface area contributed by atoms with Gasteiger partial charge in [-0.1, -0.05) is 12.1 Å². The molecule has 0 aromatic heterocycles. The van der Waals surface area contributed by atoms with Crippen molar-refractivity contribution in [1.29, 1.82) is 0 Å². The molecule has 0 saturated heterocycles. The van der Waals surface area contributed by atoms with Gasteiger partial charge in [-0.05, 0) is 69.0 Å². The molecule has 0 fully saturated rings.